The van der Waals surface area contributed by atoms with Crippen LogP contribution in [0.15, 0.2) is 73.3 Å². The highest BCUT2D eigenvalue weighted by Gasteiger charge is 2.33. The quantitative estimate of drug-likeness (QED) is 0.717. The second-order valence-corrected chi connectivity index (χ2v) is 7.13. The topological polar surface area (TPSA) is 61.4 Å². The number of pyridine rings is 2. The highest BCUT2D eigenvalue weighted by Crippen LogP contribution is 2.35. The van der Waals surface area contributed by atoms with Crippen molar-refractivity contribution < 1.29 is 7.54 Å². The molecule has 2 amide bonds. The fourth-order valence-electron chi connectivity index (χ4n) is 3.73. The zero-order valence-corrected chi connectivity index (χ0v) is 16.5. The molecule has 0 spiro atoms. The average Bonchev–Trinajstić information content (AvgIpc) is 2.89. The third-order valence-corrected chi connectivity index (χ3v) is 5.10. The molecule has 29 heavy (non-hydrogen) atoms. The number of benzene rings is 1. The number of rotatable bonds is 3. The highest BCUT2D eigenvalue weighted by atomic mass is 16.2. The van der Waals surface area contributed by atoms with E-state index in [2.05, 4.69) is 15.3 Å². The van der Waals surface area contributed by atoms with Crippen LogP contribution >= 0.6 is 0 Å². The molecule has 4 rings (SSSR count). The summed E-state index contributed by atoms with van der Waals surface area (Å²) in [7, 11) is 0. The van der Waals surface area contributed by atoms with Crippen LogP contribution in [0.25, 0.3) is 0 Å². The Labute approximate surface area is 174 Å². The van der Waals surface area contributed by atoms with E-state index in [1.165, 1.54) is 0 Å². The number of fused-ring (bicyclic) bond motifs is 1. The first-order valence-corrected chi connectivity index (χ1v) is 9.66. The lowest BCUT2D eigenvalue weighted by molar-refractivity contribution is 0.172. The Balaban J connectivity index is 1.73. The summed E-state index contributed by atoms with van der Waals surface area (Å²) in [5.74, 6) is 0. The minimum absolute atomic E-state index is 0.252. The largest absolute Gasteiger partial charge is 0.364 e. The maximum absolute atomic E-state index is 13.2. The molecule has 1 aliphatic heterocycles. The van der Waals surface area contributed by atoms with E-state index >= 15 is 0 Å². The van der Waals surface area contributed by atoms with Crippen molar-refractivity contribution in [1.82, 2.24) is 14.9 Å². The fraction of sp³-hybridized carbons (Fsp3) is 0.261. The van der Waals surface area contributed by atoms with E-state index in [0.29, 0.717) is 23.5 Å². The molecular weight excluding hydrogens is 362 g/mol. The molecular formula is C23H25N5O. The normalized spacial score (nSPS) is 20.2. The number of hydrogen-bond acceptors (Lipinski definition) is 4. The number of carbonyl (C=O) groups is 1. The first-order chi connectivity index (χ1) is 14.9. The van der Waals surface area contributed by atoms with Gasteiger partial charge in [0, 0.05) is 37.0 Å². The van der Waals surface area contributed by atoms with Crippen molar-refractivity contribution in [2.24, 2.45) is 0 Å². The summed E-state index contributed by atoms with van der Waals surface area (Å²) in [6.45, 7) is 2.43. The number of amides is 2. The van der Waals surface area contributed by atoms with Crippen molar-refractivity contribution in [3.63, 3.8) is 0 Å². The maximum atomic E-state index is 13.2. The number of carbonyl (C=O) groups excluding carboxylic acids is 1. The van der Waals surface area contributed by atoms with E-state index in [9.17, 15) is 4.79 Å². The molecule has 0 fully saturated rings. The summed E-state index contributed by atoms with van der Waals surface area (Å²) in [6, 6.07) is 13.7. The van der Waals surface area contributed by atoms with Crippen molar-refractivity contribution in [2.75, 3.05) is 16.8 Å². The van der Waals surface area contributed by atoms with Gasteiger partial charge in [-0.2, -0.15) is 0 Å². The SMILES string of the molecule is [2H]C([2H])(c1ccccc1)N1C[C@@H](C)N(C(=O)Nc2cccnc2)[C@@H](C)c2ccncc21. The summed E-state index contributed by atoms with van der Waals surface area (Å²) >= 11 is 0. The second kappa shape index (κ2) is 8.31. The molecule has 0 unspecified atom stereocenters. The van der Waals surface area contributed by atoms with E-state index in [1.54, 1.807) is 58.9 Å². The lowest BCUT2D eigenvalue weighted by atomic mass is 10.1. The number of nitrogens with zero attached hydrogens (tertiary/aromatic N) is 4. The van der Waals surface area contributed by atoms with Crippen LogP contribution in [-0.2, 0) is 6.50 Å². The van der Waals surface area contributed by atoms with Crippen molar-refractivity contribution in [3.05, 3.63) is 84.4 Å². The lowest BCUT2D eigenvalue weighted by Crippen LogP contribution is -2.46. The molecule has 1 aliphatic rings. The minimum atomic E-state index is -1.77. The second-order valence-electron chi connectivity index (χ2n) is 7.13. The Morgan fingerprint density at radius 1 is 1.10 bits per heavy atom. The number of nitrogens with one attached hydrogen (secondary N) is 1. The molecule has 2 aromatic heterocycles. The zero-order chi connectivity index (χ0) is 22.0. The molecule has 0 radical (unpaired) electrons. The Kier molecular flexibility index (Phi) is 4.74. The Hall–Kier alpha value is -3.41. The van der Waals surface area contributed by atoms with Crippen molar-refractivity contribution in [3.8, 4) is 0 Å². The number of urea groups is 1. The summed E-state index contributed by atoms with van der Waals surface area (Å²) in [6.07, 6.45) is 6.61. The molecule has 1 aromatic carbocycles. The van der Waals surface area contributed by atoms with Crippen LogP contribution in [0.4, 0.5) is 16.2 Å². The van der Waals surface area contributed by atoms with Crippen LogP contribution in [0.5, 0.6) is 0 Å². The molecule has 0 aliphatic carbocycles. The Bertz CT molecular complexity index is 1050. The number of hydrogen-bond donors (Lipinski definition) is 1. The van der Waals surface area contributed by atoms with Crippen LogP contribution in [0.3, 0.4) is 0 Å². The van der Waals surface area contributed by atoms with Gasteiger partial charge in [0.25, 0.3) is 0 Å². The van der Waals surface area contributed by atoms with Gasteiger partial charge in [0.1, 0.15) is 0 Å². The molecule has 6 heteroatoms. The van der Waals surface area contributed by atoms with Crippen LogP contribution in [0.2, 0.25) is 0 Å². The standard InChI is InChI=1S/C23H25N5O/c1-17-15-27(16-19-7-4-3-5-8-19)22-14-25-12-10-21(22)18(2)28(17)23(29)26-20-9-6-11-24-13-20/h3-14,17-18H,15-16H2,1-2H3,(H,26,29)/t17-,18+/m1/s1/i16D2. The van der Waals surface area contributed by atoms with Gasteiger partial charge >= 0.3 is 6.03 Å². The molecule has 2 atom stereocenters. The Morgan fingerprint density at radius 3 is 2.66 bits per heavy atom. The predicted molar refractivity (Wildman–Crippen MR) is 115 cm³/mol. The maximum Gasteiger partial charge on any atom is 0.322 e. The smallest absolute Gasteiger partial charge is 0.322 e. The monoisotopic (exact) mass is 389 g/mol. The summed E-state index contributed by atoms with van der Waals surface area (Å²) in [5.41, 5.74) is 2.70. The van der Waals surface area contributed by atoms with E-state index in [1.807, 2.05) is 38.1 Å². The van der Waals surface area contributed by atoms with Gasteiger partial charge in [0.2, 0.25) is 0 Å². The van der Waals surface area contributed by atoms with Crippen molar-refractivity contribution in [1.29, 1.82) is 0 Å². The highest BCUT2D eigenvalue weighted by molar-refractivity contribution is 5.90. The molecule has 3 aromatic rings. The summed E-state index contributed by atoms with van der Waals surface area (Å²) in [4.78, 5) is 25.0. The number of anilines is 2. The molecule has 0 saturated carbocycles. The van der Waals surface area contributed by atoms with Gasteiger partial charge in [-0.3, -0.25) is 9.97 Å². The van der Waals surface area contributed by atoms with Crippen LogP contribution in [-0.4, -0.2) is 33.5 Å². The van der Waals surface area contributed by atoms with Crippen molar-refractivity contribution in [2.45, 2.75) is 32.4 Å². The van der Waals surface area contributed by atoms with Crippen LogP contribution in [0.1, 0.15) is 33.8 Å². The summed E-state index contributed by atoms with van der Waals surface area (Å²) in [5, 5.41) is 2.91. The van der Waals surface area contributed by atoms with Crippen LogP contribution < -0.4 is 10.2 Å². The molecule has 3 heterocycles. The molecule has 6 nitrogen and oxygen atoms in total. The van der Waals surface area contributed by atoms with E-state index in [0.717, 1.165) is 5.56 Å². The minimum Gasteiger partial charge on any atom is -0.364 e. The average molecular weight is 389 g/mol. The first-order valence-electron chi connectivity index (χ1n) is 10.7. The fourth-order valence-corrected chi connectivity index (χ4v) is 3.73. The predicted octanol–water partition coefficient (Wildman–Crippen LogP) is 4.48. The molecule has 0 bridgehead atoms. The molecule has 0 saturated heterocycles. The lowest BCUT2D eigenvalue weighted by Gasteiger charge is -2.33. The van der Waals surface area contributed by atoms with Gasteiger partial charge in [-0.05, 0) is 37.6 Å². The van der Waals surface area contributed by atoms with Crippen LogP contribution in [0, 0.1) is 0 Å². The van der Waals surface area contributed by atoms with Gasteiger partial charge in [0.15, 0.2) is 0 Å². The third-order valence-electron chi connectivity index (χ3n) is 5.10. The first kappa shape index (κ1) is 16.5. The molecule has 1 N–H and O–H groups in total. The van der Waals surface area contributed by atoms with E-state index < -0.39 is 6.50 Å². The zero-order valence-electron chi connectivity index (χ0n) is 18.5. The molecule has 148 valence electrons. The summed E-state index contributed by atoms with van der Waals surface area (Å²) < 4.78 is 17.9. The Morgan fingerprint density at radius 2 is 1.90 bits per heavy atom. The van der Waals surface area contributed by atoms with Crippen molar-refractivity contribution >= 4 is 17.4 Å². The van der Waals surface area contributed by atoms with Gasteiger partial charge in [0.05, 0.1) is 32.6 Å². The van der Waals surface area contributed by atoms with Gasteiger partial charge in [-0.1, -0.05) is 30.3 Å². The van der Waals surface area contributed by atoms with Gasteiger partial charge in [-0.25, -0.2) is 4.79 Å². The third kappa shape index (κ3) is 4.06. The van der Waals surface area contributed by atoms with E-state index in [-0.39, 0.29) is 18.1 Å². The number of aromatic nitrogens is 2. The van der Waals surface area contributed by atoms with Gasteiger partial charge < -0.3 is 15.1 Å². The van der Waals surface area contributed by atoms with Gasteiger partial charge in [-0.15, -0.1) is 0 Å². The van der Waals surface area contributed by atoms with E-state index in [4.69, 9.17) is 2.74 Å².